The lowest BCUT2D eigenvalue weighted by molar-refractivity contribution is -0.139. The van der Waals surface area contributed by atoms with Crippen LogP contribution in [0.5, 0.6) is 11.5 Å². The Morgan fingerprint density at radius 2 is 1.27 bits per heavy atom. The van der Waals surface area contributed by atoms with E-state index < -0.39 is 29.0 Å². The lowest BCUT2D eigenvalue weighted by Crippen LogP contribution is -2.49. The van der Waals surface area contributed by atoms with E-state index in [0.717, 1.165) is 58.1 Å². The summed E-state index contributed by atoms with van der Waals surface area (Å²) in [4.78, 5) is 38.3. The number of carbonyl (C=O) groups excluding carboxylic acids is 1. The first kappa shape index (κ1) is 47.1. The van der Waals surface area contributed by atoms with Gasteiger partial charge in [-0.2, -0.15) is 0 Å². The van der Waals surface area contributed by atoms with Crippen LogP contribution in [-0.2, 0) is 27.1 Å². The number of anilines is 2. The summed E-state index contributed by atoms with van der Waals surface area (Å²) in [6.07, 6.45) is 3.83. The largest absolute Gasteiger partial charge is 0.491 e. The van der Waals surface area contributed by atoms with Crippen molar-refractivity contribution in [3.63, 3.8) is 0 Å². The molecule has 6 rings (SSSR count). The Morgan fingerprint density at radius 1 is 0.719 bits per heavy atom. The van der Waals surface area contributed by atoms with Crippen LogP contribution in [0.15, 0.2) is 116 Å². The molecule has 0 bridgehead atoms. The van der Waals surface area contributed by atoms with Crippen molar-refractivity contribution in [2.24, 2.45) is 11.5 Å². The van der Waals surface area contributed by atoms with Crippen LogP contribution in [0.3, 0.4) is 0 Å². The molecular formula is C51H60N4O9. The second-order valence-electron chi connectivity index (χ2n) is 16.2. The molecule has 0 amide bonds. The Balaban J connectivity index is 1.15. The van der Waals surface area contributed by atoms with E-state index in [4.69, 9.17) is 45.0 Å². The van der Waals surface area contributed by atoms with Crippen LogP contribution in [0, 0.1) is 0 Å². The van der Waals surface area contributed by atoms with Gasteiger partial charge < -0.3 is 50.3 Å². The number of fused-ring (bicyclic) bond motifs is 2. The number of ether oxygens (including phenoxy) is 4. The van der Waals surface area contributed by atoms with Crippen LogP contribution in [-0.4, -0.2) is 50.7 Å². The van der Waals surface area contributed by atoms with Crippen LogP contribution in [0.1, 0.15) is 70.9 Å². The number of aryl methyl sites for hydroxylation is 2. The summed E-state index contributed by atoms with van der Waals surface area (Å²) in [5.74, 6) is 0.495. The topological polar surface area (TPSA) is 204 Å². The minimum atomic E-state index is -0.995. The van der Waals surface area contributed by atoms with Gasteiger partial charge >= 0.3 is 17.2 Å². The molecule has 0 aliphatic carbocycles. The van der Waals surface area contributed by atoms with Crippen LogP contribution < -0.4 is 43.2 Å². The molecule has 2 aromatic heterocycles. The molecule has 0 fully saturated rings. The van der Waals surface area contributed by atoms with E-state index in [0.29, 0.717) is 83.8 Å². The van der Waals surface area contributed by atoms with E-state index >= 15 is 0 Å². The average molecular weight is 873 g/mol. The molecule has 0 aliphatic rings. The van der Waals surface area contributed by atoms with E-state index in [-0.39, 0.29) is 19.8 Å². The third-order valence-corrected chi connectivity index (χ3v) is 11.0. The number of nitrogen functional groups attached to an aromatic ring is 1. The van der Waals surface area contributed by atoms with E-state index in [1.807, 2.05) is 61.5 Å². The Kier molecular flexibility index (Phi) is 16.0. The molecular weight excluding hydrogens is 813 g/mol. The van der Waals surface area contributed by atoms with Crippen molar-refractivity contribution in [3.05, 3.63) is 129 Å². The summed E-state index contributed by atoms with van der Waals surface area (Å²) in [7, 11) is 0. The molecule has 13 heteroatoms. The number of nitrogens with one attached hydrogen (secondary N) is 1. The predicted molar refractivity (Wildman–Crippen MR) is 254 cm³/mol. The third kappa shape index (κ3) is 12.4. The highest BCUT2D eigenvalue weighted by atomic mass is 16.6. The lowest BCUT2D eigenvalue weighted by atomic mass is 9.97. The molecule has 0 spiro atoms. The zero-order valence-electron chi connectivity index (χ0n) is 37.3. The molecule has 4 aromatic carbocycles. The third-order valence-electron chi connectivity index (χ3n) is 11.0. The molecule has 0 saturated carbocycles. The second kappa shape index (κ2) is 21.8. The van der Waals surface area contributed by atoms with Gasteiger partial charge in [0, 0.05) is 53.0 Å². The first-order valence-corrected chi connectivity index (χ1v) is 22.0. The number of rotatable bonds is 23. The summed E-state index contributed by atoms with van der Waals surface area (Å²) >= 11 is 0. The predicted octanol–water partition coefficient (Wildman–Crippen LogP) is 8.90. The van der Waals surface area contributed by atoms with Gasteiger partial charge in [-0.25, -0.2) is 14.4 Å². The van der Waals surface area contributed by atoms with E-state index in [9.17, 15) is 14.4 Å². The lowest BCUT2D eigenvalue weighted by Gasteiger charge is -2.25. The molecule has 0 saturated heterocycles. The van der Waals surface area contributed by atoms with Crippen LogP contribution >= 0.6 is 0 Å². The molecule has 338 valence electrons. The maximum atomic E-state index is 13.4. The molecule has 6 aromatic rings. The first-order valence-electron chi connectivity index (χ1n) is 22.0. The summed E-state index contributed by atoms with van der Waals surface area (Å²) in [6.45, 7) is 12.9. The summed E-state index contributed by atoms with van der Waals surface area (Å²) in [5.41, 5.74) is 24.2. The van der Waals surface area contributed by atoms with Crippen molar-refractivity contribution < 1.29 is 32.6 Å². The molecule has 1 atom stereocenters. The molecule has 0 radical (unpaired) electrons. The van der Waals surface area contributed by atoms with E-state index in [2.05, 4.69) is 31.8 Å². The molecule has 7 N–H and O–H groups in total. The Morgan fingerprint density at radius 3 is 1.81 bits per heavy atom. The van der Waals surface area contributed by atoms with Crippen LogP contribution in [0.25, 0.3) is 44.2 Å². The number of hydrogen-bond donors (Lipinski definition) is 4. The molecule has 0 aliphatic heterocycles. The van der Waals surface area contributed by atoms with Gasteiger partial charge in [-0.05, 0) is 135 Å². The highest BCUT2D eigenvalue weighted by molar-refractivity contribution is 5.87. The number of carbonyl (C=O) groups is 1. The van der Waals surface area contributed by atoms with Gasteiger partial charge in [-0.1, -0.05) is 39.5 Å². The van der Waals surface area contributed by atoms with Gasteiger partial charge in [0.15, 0.2) is 0 Å². The van der Waals surface area contributed by atoms with Crippen molar-refractivity contribution in [1.29, 1.82) is 0 Å². The number of benzene rings is 4. The molecule has 64 heavy (non-hydrogen) atoms. The van der Waals surface area contributed by atoms with Crippen molar-refractivity contribution in [2.75, 3.05) is 44.0 Å². The monoisotopic (exact) mass is 872 g/mol. The summed E-state index contributed by atoms with van der Waals surface area (Å²) < 4.78 is 35.6. The average Bonchev–Trinajstić information content (AvgIpc) is 3.28. The van der Waals surface area contributed by atoms with Gasteiger partial charge in [0.25, 0.3) is 0 Å². The maximum absolute atomic E-state index is 13.4. The molecule has 1 unspecified atom stereocenters. The van der Waals surface area contributed by atoms with Crippen molar-refractivity contribution in [1.82, 2.24) is 0 Å². The van der Waals surface area contributed by atoms with Crippen molar-refractivity contribution in [2.45, 2.75) is 84.4 Å². The maximum Gasteiger partial charge on any atom is 0.344 e. The minimum absolute atomic E-state index is 0.0855. The number of nitrogens with two attached hydrogens (primary N) is 3. The van der Waals surface area contributed by atoms with E-state index in [1.54, 1.807) is 31.2 Å². The van der Waals surface area contributed by atoms with Gasteiger partial charge in [-0.3, -0.25) is 0 Å². The highest BCUT2D eigenvalue weighted by Gasteiger charge is 2.21. The zero-order chi connectivity index (χ0) is 45.8. The number of hydrogen-bond acceptors (Lipinski definition) is 13. The van der Waals surface area contributed by atoms with Crippen LogP contribution in [0.4, 0.5) is 11.4 Å². The normalized spacial score (nSPS) is 12.0. The van der Waals surface area contributed by atoms with Gasteiger partial charge in [0.05, 0.1) is 23.4 Å². The van der Waals surface area contributed by atoms with Gasteiger partial charge in [0.2, 0.25) is 0 Å². The minimum Gasteiger partial charge on any atom is -0.491 e. The SMILES string of the molecule is C=C(C)C(=O)OCCCC(N)(N)CCCOC(COc1ccc2cc(-c3ccc(N)cc3CC)c(=O)oc2c1)COc1ccc2cc(-c3ccc(NCCC)cc3CC)c(=O)oc2c1. The standard InChI is InChI=1S/C51H60N4O9/c1-6-21-55-38-14-18-43(34(8-3)25-38)45-27-36-12-16-40(29-47(36)64-50(45)58)62-31-41(59-22-9-19-51(53,54)20-10-23-60-48(56)32(4)5)30-61-39-15-11-35-26-44(49(57)63-46(35)28-39)42-17-13-37(52)24-33(42)7-2/h11-18,24-29,41,55H,4,6-10,19-23,30-31,52-54H2,1-3,5H3. The fourth-order valence-electron chi connectivity index (χ4n) is 7.42. The number of esters is 1. The van der Waals surface area contributed by atoms with E-state index in [1.165, 1.54) is 0 Å². The van der Waals surface area contributed by atoms with Gasteiger partial charge in [0.1, 0.15) is 42.0 Å². The molecule has 2 heterocycles. The summed E-state index contributed by atoms with van der Waals surface area (Å²) in [6, 6.07) is 25.9. The zero-order valence-corrected chi connectivity index (χ0v) is 37.3. The Labute approximate surface area is 373 Å². The second-order valence-corrected chi connectivity index (χ2v) is 16.2. The highest BCUT2D eigenvalue weighted by Crippen LogP contribution is 2.31. The quantitative estimate of drug-likeness (QED) is 0.0119. The van der Waals surface area contributed by atoms with Crippen LogP contribution in [0.2, 0.25) is 0 Å². The van der Waals surface area contributed by atoms with Crippen molar-refractivity contribution in [3.8, 4) is 33.8 Å². The fraction of sp³-hybridized carbons (Fsp3) is 0.353. The Hall–Kier alpha value is -6.41. The van der Waals surface area contributed by atoms with Gasteiger partial charge in [-0.15, -0.1) is 0 Å². The smallest absolute Gasteiger partial charge is 0.344 e. The fourth-order valence-corrected chi connectivity index (χ4v) is 7.42. The summed E-state index contributed by atoms with van der Waals surface area (Å²) in [5, 5.41) is 4.90. The molecule has 13 nitrogen and oxygen atoms in total. The first-order chi connectivity index (χ1) is 30.8. The Bertz CT molecular complexity index is 2700. The van der Waals surface area contributed by atoms with Crippen molar-refractivity contribution >= 4 is 39.3 Å².